The minimum absolute atomic E-state index is 0.0155. The van der Waals surface area contributed by atoms with Gasteiger partial charge in [-0.25, -0.2) is 4.79 Å². The maximum absolute atomic E-state index is 12.0. The van der Waals surface area contributed by atoms with Crippen molar-refractivity contribution in [2.24, 2.45) is 0 Å². The molecule has 1 amide bonds. The van der Waals surface area contributed by atoms with E-state index in [0.717, 1.165) is 10.1 Å². The summed E-state index contributed by atoms with van der Waals surface area (Å²) in [6.07, 6.45) is 1.72. The van der Waals surface area contributed by atoms with Crippen molar-refractivity contribution >= 4 is 27.7 Å². The second-order valence-electron chi connectivity index (χ2n) is 4.15. The minimum atomic E-state index is -0.464. The van der Waals surface area contributed by atoms with Crippen LogP contribution < -0.4 is 10.9 Å². The molecule has 1 aromatic heterocycles. The molecule has 1 N–H and O–H groups in total. The van der Waals surface area contributed by atoms with E-state index in [2.05, 4.69) is 11.9 Å². The Labute approximate surface area is 120 Å². The molecule has 5 nitrogen and oxygen atoms in total. The molecule has 0 aliphatic carbocycles. The molecular formula is C14H16N2O3S. The number of alkyl carbamates (subject to hydrolysis) is 1. The van der Waals surface area contributed by atoms with E-state index in [0.29, 0.717) is 19.5 Å². The number of carbonyl (C=O) groups excluding carboxylic acids is 1. The molecule has 6 heteroatoms. The summed E-state index contributed by atoms with van der Waals surface area (Å²) in [5.74, 6) is 0. The number of nitrogens with one attached hydrogen (secondary N) is 1. The van der Waals surface area contributed by atoms with Crippen LogP contribution >= 0.6 is 11.5 Å². The highest BCUT2D eigenvalue weighted by Gasteiger charge is 2.06. The predicted octanol–water partition coefficient (Wildman–Crippen LogP) is 2.37. The second-order valence-corrected chi connectivity index (χ2v) is 5.22. The van der Waals surface area contributed by atoms with E-state index in [1.165, 1.54) is 11.5 Å². The monoisotopic (exact) mass is 292 g/mol. The van der Waals surface area contributed by atoms with E-state index in [-0.39, 0.29) is 12.2 Å². The highest BCUT2D eigenvalue weighted by molar-refractivity contribution is 7.13. The largest absolute Gasteiger partial charge is 0.449 e. The number of benzene rings is 1. The molecule has 2 aromatic rings. The van der Waals surface area contributed by atoms with Crippen molar-refractivity contribution in [1.82, 2.24) is 9.27 Å². The molecule has 1 heterocycles. The van der Waals surface area contributed by atoms with Gasteiger partial charge in [0.05, 0.1) is 16.7 Å². The summed E-state index contributed by atoms with van der Waals surface area (Å²) in [7, 11) is 0. The summed E-state index contributed by atoms with van der Waals surface area (Å²) in [5.41, 5.74) is 0.0155. The maximum Gasteiger partial charge on any atom is 0.407 e. The molecular weight excluding hydrogens is 276 g/mol. The number of amides is 1. The fraction of sp³-hybridized carbons (Fsp3) is 0.286. The van der Waals surface area contributed by atoms with Gasteiger partial charge in [0.15, 0.2) is 0 Å². The van der Waals surface area contributed by atoms with Gasteiger partial charge in [0, 0.05) is 19.5 Å². The van der Waals surface area contributed by atoms with Crippen LogP contribution in [0.5, 0.6) is 0 Å². The third kappa shape index (κ3) is 3.48. The summed E-state index contributed by atoms with van der Waals surface area (Å²) in [4.78, 5) is 23.2. The van der Waals surface area contributed by atoms with Crippen LogP contribution in [0.3, 0.4) is 0 Å². The number of hydrogen-bond acceptors (Lipinski definition) is 4. The smallest absolute Gasteiger partial charge is 0.407 e. The van der Waals surface area contributed by atoms with Gasteiger partial charge in [-0.1, -0.05) is 29.7 Å². The van der Waals surface area contributed by atoms with Crippen LogP contribution in [0.1, 0.15) is 6.42 Å². The van der Waals surface area contributed by atoms with Crippen LogP contribution in [0.4, 0.5) is 4.79 Å². The first-order valence-corrected chi connectivity index (χ1v) is 7.10. The first kappa shape index (κ1) is 14.3. The standard InChI is InChI=1S/C14H16N2O3S/c1-2-8-15-14(18)19-10-5-9-16-13(17)11-6-3-4-7-12(11)20-16/h2-4,6-7H,1,5,8-10H2,(H,15,18). The Morgan fingerprint density at radius 2 is 2.25 bits per heavy atom. The topological polar surface area (TPSA) is 60.3 Å². The number of aryl methyl sites for hydroxylation is 1. The molecule has 0 fully saturated rings. The third-order valence-electron chi connectivity index (χ3n) is 2.68. The first-order chi connectivity index (χ1) is 9.72. The molecule has 0 unspecified atom stereocenters. The van der Waals surface area contributed by atoms with Gasteiger partial charge in [-0.05, 0) is 12.1 Å². The van der Waals surface area contributed by atoms with Gasteiger partial charge in [0.1, 0.15) is 0 Å². The Kier molecular flexibility index (Phi) is 4.95. The SMILES string of the molecule is C=CCNC(=O)OCCCn1sc2ccccc2c1=O. The number of hydrogen-bond donors (Lipinski definition) is 1. The van der Waals surface area contributed by atoms with Gasteiger partial charge < -0.3 is 10.1 Å². The number of fused-ring (bicyclic) bond motifs is 1. The molecule has 0 atom stereocenters. The van der Waals surface area contributed by atoms with Crippen LogP contribution in [0.25, 0.3) is 10.1 Å². The van der Waals surface area contributed by atoms with Crippen LogP contribution in [0.2, 0.25) is 0 Å². The van der Waals surface area contributed by atoms with Crippen molar-refractivity contribution in [3.8, 4) is 0 Å². The van der Waals surface area contributed by atoms with E-state index in [9.17, 15) is 9.59 Å². The fourth-order valence-electron chi connectivity index (χ4n) is 1.74. The molecule has 0 aliphatic rings. The minimum Gasteiger partial charge on any atom is -0.449 e. The lowest BCUT2D eigenvalue weighted by Crippen LogP contribution is -2.25. The number of ether oxygens (including phenoxy) is 1. The average Bonchev–Trinajstić information content (AvgIpc) is 2.78. The summed E-state index contributed by atoms with van der Waals surface area (Å²) in [6, 6.07) is 7.52. The number of aromatic nitrogens is 1. The van der Waals surface area contributed by atoms with Crippen molar-refractivity contribution in [3.63, 3.8) is 0 Å². The molecule has 20 heavy (non-hydrogen) atoms. The van der Waals surface area contributed by atoms with E-state index in [4.69, 9.17) is 4.74 Å². The highest BCUT2D eigenvalue weighted by Crippen LogP contribution is 2.15. The zero-order chi connectivity index (χ0) is 14.4. The molecule has 0 radical (unpaired) electrons. The van der Waals surface area contributed by atoms with E-state index in [1.54, 1.807) is 10.0 Å². The fourth-order valence-corrected chi connectivity index (χ4v) is 2.78. The van der Waals surface area contributed by atoms with Crippen LogP contribution in [0.15, 0.2) is 41.7 Å². The quantitative estimate of drug-likeness (QED) is 0.657. The van der Waals surface area contributed by atoms with Gasteiger partial charge >= 0.3 is 6.09 Å². The molecule has 2 rings (SSSR count). The van der Waals surface area contributed by atoms with Crippen molar-refractivity contribution in [3.05, 3.63) is 47.3 Å². The van der Waals surface area contributed by atoms with Gasteiger partial charge in [-0.15, -0.1) is 6.58 Å². The second kappa shape index (κ2) is 6.91. The summed E-state index contributed by atoms with van der Waals surface area (Å²) < 4.78 is 7.64. The van der Waals surface area contributed by atoms with Gasteiger partial charge in [-0.2, -0.15) is 0 Å². The van der Waals surface area contributed by atoms with E-state index in [1.807, 2.05) is 24.3 Å². The summed E-state index contributed by atoms with van der Waals surface area (Å²) in [6.45, 7) is 4.71. The zero-order valence-corrected chi connectivity index (χ0v) is 11.8. The summed E-state index contributed by atoms with van der Waals surface area (Å²) >= 11 is 1.43. The van der Waals surface area contributed by atoms with Crippen molar-refractivity contribution < 1.29 is 9.53 Å². The first-order valence-electron chi connectivity index (χ1n) is 6.32. The Balaban J connectivity index is 1.84. The van der Waals surface area contributed by atoms with E-state index < -0.39 is 6.09 Å². The van der Waals surface area contributed by atoms with Crippen molar-refractivity contribution in [2.75, 3.05) is 13.2 Å². The molecule has 0 spiro atoms. The lowest BCUT2D eigenvalue weighted by Gasteiger charge is -2.05. The van der Waals surface area contributed by atoms with E-state index >= 15 is 0 Å². The summed E-state index contributed by atoms with van der Waals surface area (Å²) in [5, 5.41) is 3.26. The highest BCUT2D eigenvalue weighted by atomic mass is 32.1. The van der Waals surface area contributed by atoms with Crippen LogP contribution in [-0.4, -0.2) is 23.2 Å². The normalized spacial score (nSPS) is 10.4. The molecule has 0 saturated heterocycles. The van der Waals surface area contributed by atoms with Gasteiger partial charge in [-0.3, -0.25) is 8.75 Å². The average molecular weight is 292 g/mol. The molecule has 0 bridgehead atoms. The third-order valence-corrected chi connectivity index (χ3v) is 3.80. The number of carbonyl (C=O) groups is 1. The van der Waals surface area contributed by atoms with Gasteiger partial charge in [0.2, 0.25) is 0 Å². The molecule has 106 valence electrons. The Morgan fingerprint density at radius 3 is 3.00 bits per heavy atom. The zero-order valence-electron chi connectivity index (χ0n) is 11.0. The van der Waals surface area contributed by atoms with Crippen molar-refractivity contribution in [2.45, 2.75) is 13.0 Å². The lowest BCUT2D eigenvalue weighted by molar-refractivity contribution is 0.144. The van der Waals surface area contributed by atoms with Gasteiger partial charge in [0.25, 0.3) is 5.56 Å². The van der Waals surface area contributed by atoms with Crippen LogP contribution in [0, 0.1) is 0 Å². The molecule has 1 aromatic carbocycles. The van der Waals surface area contributed by atoms with Crippen LogP contribution in [-0.2, 0) is 11.3 Å². The molecule has 0 saturated carbocycles. The Morgan fingerprint density at radius 1 is 1.45 bits per heavy atom. The maximum atomic E-state index is 12.0. The van der Waals surface area contributed by atoms with Crippen molar-refractivity contribution in [1.29, 1.82) is 0 Å². The lowest BCUT2D eigenvalue weighted by atomic mass is 10.3. The Bertz CT molecular complexity index is 660. The Hall–Kier alpha value is -2.08. The number of nitrogens with zero attached hydrogens (tertiary/aromatic N) is 1. The molecule has 0 aliphatic heterocycles. The predicted molar refractivity (Wildman–Crippen MR) is 80.2 cm³/mol. The number of rotatable bonds is 6.